The molecule has 0 unspecified atom stereocenters. The number of nitrogens with zero attached hydrogens (tertiary/aromatic N) is 1. The summed E-state index contributed by atoms with van der Waals surface area (Å²) >= 11 is 0. The van der Waals surface area contributed by atoms with E-state index in [0.29, 0.717) is 6.42 Å². The number of nitriles is 1. The fourth-order valence-electron chi connectivity index (χ4n) is 1.22. The van der Waals surface area contributed by atoms with Crippen LogP contribution in [0.4, 0.5) is 8.78 Å². The first kappa shape index (κ1) is 13.1. The van der Waals surface area contributed by atoms with Crippen LogP contribution in [-0.2, 0) is 4.74 Å². The normalized spacial score (nSPS) is 9.76. The second kappa shape index (κ2) is 5.94. The number of ether oxygens (including phenoxy) is 1. The van der Waals surface area contributed by atoms with E-state index in [4.69, 9.17) is 10.00 Å². The number of benzene rings is 1. The fourth-order valence-corrected chi connectivity index (χ4v) is 1.22. The van der Waals surface area contributed by atoms with Crippen LogP contribution in [0.1, 0.15) is 35.7 Å². The van der Waals surface area contributed by atoms with Gasteiger partial charge in [0, 0.05) is 0 Å². The molecule has 0 N–H and O–H groups in total. The number of esters is 1. The Balaban J connectivity index is 3.00. The molecule has 0 saturated carbocycles. The van der Waals surface area contributed by atoms with Crippen molar-refractivity contribution in [3.05, 3.63) is 34.9 Å². The molecule has 0 fully saturated rings. The van der Waals surface area contributed by atoms with Gasteiger partial charge in [0.1, 0.15) is 11.6 Å². The van der Waals surface area contributed by atoms with E-state index >= 15 is 0 Å². The monoisotopic (exact) mass is 239 g/mol. The van der Waals surface area contributed by atoms with Gasteiger partial charge < -0.3 is 4.74 Å². The van der Waals surface area contributed by atoms with Crippen LogP contribution in [-0.4, -0.2) is 12.6 Å². The molecule has 5 heteroatoms. The van der Waals surface area contributed by atoms with Gasteiger partial charge in [0.25, 0.3) is 0 Å². The van der Waals surface area contributed by atoms with E-state index in [0.717, 1.165) is 18.6 Å². The summed E-state index contributed by atoms with van der Waals surface area (Å²) in [4.78, 5) is 11.5. The van der Waals surface area contributed by atoms with Crippen LogP contribution in [0.5, 0.6) is 0 Å². The third-order valence-corrected chi connectivity index (χ3v) is 2.15. The predicted octanol–water partition coefficient (Wildman–Crippen LogP) is 2.79. The first-order valence-electron chi connectivity index (χ1n) is 5.17. The molecule has 0 amide bonds. The summed E-state index contributed by atoms with van der Waals surface area (Å²) in [6.07, 6.45) is 1.44. The van der Waals surface area contributed by atoms with Crippen molar-refractivity contribution in [2.75, 3.05) is 6.61 Å². The molecule has 90 valence electrons. The highest BCUT2D eigenvalue weighted by Crippen LogP contribution is 2.17. The maximum Gasteiger partial charge on any atom is 0.342 e. The predicted molar refractivity (Wildman–Crippen MR) is 56.3 cm³/mol. The van der Waals surface area contributed by atoms with Gasteiger partial charge in [0.2, 0.25) is 0 Å². The van der Waals surface area contributed by atoms with Crippen molar-refractivity contribution in [3.8, 4) is 6.07 Å². The van der Waals surface area contributed by atoms with Crippen LogP contribution in [0.2, 0.25) is 0 Å². The van der Waals surface area contributed by atoms with Gasteiger partial charge in [-0.25, -0.2) is 13.6 Å². The van der Waals surface area contributed by atoms with Gasteiger partial charge in [-0.15, -0.1) is 0 Å². The first-order chi connectivity index (χ1) is 8.11. The zero-order valence-electron chi connectivity index (χ0n) is 9.30. The van der Waals surface area contributed by atoms with Crippen LogP contribution in [0.15, 0.2) is 12.1 Å². The Hall–Kier alpha value is -1.96. The molecular formula is C12H11F2NO2. The molecule has 0 aliphatic rings. The van der Waals surface area contributed by atoms with E-state index in [1.165, 1.54) is 0 Å². The SMILES string of the molecule is CCCCOC(=O)c1c(C#N)ccc(F)c1F. The zero-order valence-corrected chi connectivity index (χ0v) is 9.30. The second-order valence-electron chi connectivity index (χ2n) is 3.39. The maximum absolute atomic E-state index is 13.4. The van der Waals surface area contributed by atoms with Gasteiger partial charge in [0.05, 0.1) is 12.2 Å². The molecule has 3 nitrogen and oxygen atoms in total. The second-order valence-corrected chi connectivity index (χ2v) is 3.39. The molecular weight excluding hydrogens is 228 g/mol. The average molecular weight is 239 g/mol. The minimum Gasteiger partial charge on any atom is -0.462 e. The summed E-state index contributed by atoms with van der Waals surface area (Å²) < 4.78 is 31.1. The zero-order chi connectivity index (χ0) is 12.8. The lowest BCUT2D eigenvalue weighted by molar-refractivity contribution is 0.0493. The molecule has 1 aromatic carbocycles. The van der Waals surface area contributed by atoms with Crippen molar-refractivity contribution >= 4 is 5.97 Å². The molecule has 1 rings (SSSR count). The Morgan fingerprint density at radius 3 is 2.76 bits per heavy atom. The molecule has 0 atom stereocenters. The standard InChI is InChI=1S/C12H11F2NO2/c1-2-3-6-17-12(16)10-8(7-15)4-5-9(13)11(10)14/h4-5H,2-3,6H2,1H3. The van der Waals surface area contributed by atoms with Crippen LogP contribution in [0, 0.1) is 23.0 Å². The van der Waals surface area contributed by atoms with Crippen molar-refractivity contribution in [3.63, 3.8) is 0 Å². The summed E-state index contributed by atoms with van der Waals surface area (Å²) in [6, 6.07) is 3.48. The number of hydrogen-bond donors (Lipinski definition) is 0. The van der Waals surface area contributed by atoms with E-state index in [9.17, 15) is 13.6 Å². The summed E-state index contributed by atoms with van der Waals surface area (Å²) in [5.41, 5.74) is -0.867. The molecule has 0 heterocycles. The van der Waals surface area contributed by atoms with Gasteiger partial charge in [-0.05, 0) is 18.6 Å². The van der Waals surface area contributed by atoms with E-state index in [1.807, 2.05) is 6.92 Å². The molecule has 0 saturated heterocycles. The summed E-state index contributed by atoms with van der Waals surface area (Å²) in [7, 11) is 0. The van der Waals surface area contributed by atoms with E-state index in [1.54, 1.807) is 6.07 Å². The summed E-state index contributed by atoms with van der Waals surface area (Å²) in [6.45, 7) is 2.02. The molecule has 17 heavy (non-hydrogen) atoms. The minimum atomic E-state index is -1.34. The molecule has 0 aliphatic heterocycles. The summed E-state index contributed by atoms with van der Waals surface area (Å²) in [5, 5.41) is 8.71. The smallest absolute Gasteiger partial charge is 0.342 e. The third kappa shape index (κ3) is 3.00. The minimum absolute atomic E-state index is 0.121. The van der Waals surface area contributed by atoms with Gasteiger partial charge in [-0.2, -0.15) is 5.26 Å². The summed E-state index contributed by atoms with van der Waals surface area (Å²) in [5.74, 6) is -3.52. The van der Waals surface area contributed by atoms with Gasteiger partial charge >= 0.3 is 5.97 Å². The lowest BCUT2D eigenvalue weighted by Gasteiger charge is -2.06. The van der Waals surface area contributed by atoms with Crippen LogP contribution < -0.4 is 0 Å². The van der Waals surface area contributed by atoms with Crippen LogP contribution >= 0.6 is 0 Å². The number of carbonyl (C=O) groups is 1. The highest BCUT2D eigenvalue weighted by Gasteiger charge is 2.21. The fraction of sp³-hybridized carbons (Fsp3) is 0.333. The molecule has 0 spiro atoms. The Morgan fingerprint density at radius 2 is 2.18 bits per heavy atom. The third-order valence-electron chi connectivity index (χ3n) is 2.15. The van der Waals surface area contributed by atoms with Crippen LogP contribution in [0.25, 0.3) is 0 Å². The molecule has 0 aromatic heterocycles. The van der Waals surface area contributed by atoms with Crippen molar-refractivity contribution in [2.45, 2.75) is 19.8 Å². The van der Waals surface area contributed by atoms with Crippen molar-refractivity contribution in [1.29, 1.82) is 5.26 Å². The topological polar surface area (TPSA) is 50.1 Å². The van der Waals surface area contributed by atoms with Gasteiger partial charge in [-0.3, -0.25) is 0 Å². The lowest BCUT2D eigenvalue weighted by atomic mass is 10.1. The number of rotatable bonds is 4. The quantitative estimate of drug-likeness (QED) is 0.599. The van der Waals surface area contributed by atoms with Crippen LogP contribution in [0.3, 0.4) is 0 Å². The molecule has 0 bridgehead atoms. The Bertz CT molecular complexity index is 466. The van der Waals surface area contributed by atoms with Gasteiger partial charge in [-0.1, -0.05) is 13.3 Å². The van der Waals surface area contributed by atoms with E-state index in [-0.39, 0.29) is 12.2 Å². The highest BCUT2D eigenvalue weighted by atomic mass is 19.2. The lowest BCUT2D eigenvalue weighted by Crippen LogP contribution is -2.12. The van der Waals surface area contributed by atoms with Gasteiger partial charge in [0.15, 0.2) is 11.6 Å². The molecule has 1 aromatic rings. The maximum atomic E-state index is 13.4. The number of halogens is 2. The number of unbranched alkanes of at least 4 members (excludes halogenated alkanes) is 1. The largest absolute Gasteiger partial charge is 0.462 e. The molecule has 0 aliphatic carbocycles. The Morgan fingerprint density at radius 1 is 1.47 bits per heavy atom. The number of hydrogen-bond acceptors (Lipinski definition) is 3. The van der Waals surface area contributed by atoms with Crippen molar-refractivity contribution in [1.82, 2.24) is 0 Å². The Kier molecular flexibility index (Phi) is 4.58. The molecule has 0 radical (unpaired) electrons. The highest BCUT2D eigenvalue weighted by molar-refractivity contribution is 5.92. The van der Waals surface area contributed by atoms with Crippen molar-refractivity contribution in [2.24, 2.45) is 0 Å². The van der Waals surface area contributed by atoms with Crippen molar-refractivity contribution < 1.29 is 18.3 Å². The van der Waals surface area contributed by atoms with E-state index < -0.39 is 23.2 Å². The van der Waals surface area contributed by atoms with E-state index in [2.05, 4.69) is 0 Å². The number of carbonyl (C=O) groups excluding carboxylic acids is 1. The Labute approximate surface area is 97.6 Å². The first-order valence-corrected chi connectivity index (χ1v) is 5.17. The average Bonchev–Trinajstić information content (AvgIpc) is 2.32.